The first-order valence-corrected chi connectivity index (χ1v) is 5.05. The van der Waals surface area contributed by atoms with Gasteiger partial charge in [0.25, 0.3) is 0 Å². The highest BCUT2D eigenvalue weighted by Crippen LogP contribution is 2.23. The zero-order chi connectivity index (χ0) is 12.3. The number of rotatable bonds is 1. The summed E-state index contributed by atoms with van der Waals surface area (Å²) in [4.78, 5) is 0. The molecule has 2 aromatic carbocycles. The van der Waals surface area contributed by atoms with Crippen LogP contribution in [0.25, 0.3) is 11.1 Å². The molecular weight excluding hydrogens is 210 g/mol. The molecule has 3 nitrogen and oxygen atoms in total. The Labute approximate surface area is 99.3 Å². The van der Waals surface area contributed by atoms with E-state index >= 15 is 0 Å². The van der Waals surface area contributed by atoms with Crippen LogP contribution in [0.15, 0.2) is 42.5 Å². The number of anilines is 1. The highest BCUT2D eigenvalue weighted by atomic mass is 14.5. The standard InChI is InChI=1S/C14H9N3/c15-8-12-2-1-11(7-13(12)9-16)10-3-5-14(17)6-4-10/h1-7H,17H2. The molecule has 0 saturated heterocycles. The first-order chi connectivity index (χ1) is 8.24. The molecule has 0 spiro atoms. The van der Waals surface area contributed by atoms with Crippen LogP contribution in [0.3, 0.4) is 0 Å². The third-order valence-electron chi connectivity index (χ3n) is 2.50. The molecule has 3 heteroatoms. The van der Waals surface area contributed by atoms with Crippen molar-refractivity contribution in [1.29, 1.82) is 10.5 Å². The molecule has 0 aliphatic rings. The first kappa shape index (κ1) is 10.7. The van der Waals surface area contributed by atoms with E-state index in [2.05, 4.69) is 0 Å². The van der Waals surface area contributed by atoms with E-state index in [9.17, 15) is 0 Å². The van der Waals surface area contributed by atoms with Crippen molar-refractivity contribution in [1.82, 2.24) is 0 Å². The smallest absolute Gasteiger partial charge is 0.101 e. The maximum absolute atomic E-state index is 8.94. The second-order valence-electron chi connectivity index (χ2n) is 3.61. The van der Waals surface area contributed by atoms with E-state index < -0.39 is 0 Å². The molecule has 0 heterocycles. The topological polar surface area (TPSA) is 73.6 Å². The van der Waals surface area contributed by atoms with E-state index in [0.29, 0.717) is 16.8 Å². The molecule has 80 valence electrons. The van der Waals surface area contributed by atoms with Gasteiger partial charge >= 0.3 is 0 Å². The summed E-state index contributed by atoms with van der Waals surface area (Å²) in [5.41, 5.74) is 8.97. The molecule has 0 amide bonds. The molecule has 0 radical (unpaired) electrons. The Balaban J connectivity index is 2.52. The van der Waals surface area contributed by atoms with Crippen molar-refractivity contribution in [3.63, 3.8) is 0 Å². The van der Waals surface area contributed by atoms with E-state index in [4.69, 9.17) is 16.3 Å². The summed E-state index contributed by atoms with van der Waals surface area (Å²) in [7, 11) is 0. The number of hydrogen-bond acceptors (Lipinski definition) is 3. The van der Waals surface area contributed by atoms with Crippen LogP contribution in [-0.4, -0.2) is 0 Å². The SMILES string of the molecule is N#Cc1ccc(-c2ccc(N)cc2)cc1C#N. The minimum atomic E-state index is 0.391. The second-order valence-corrected chi connectivity index (χ2v) is 3.61. The largest absolute Gasteiger partial charge is 0.399 e. The fourth-order valence-corrected chi connectivity index (χ4v) is 1.59. The van der Waals surface area contributed by atoms with Crippen LogP contribution >= 0.6 is 0 Å². The molecule has 0 aliphatic carbocycles. The molecule has 0 fully saturated rings. The van der Waals surface area contributed by atoms with E-state index in [1.165, 1.54) is 0 Å². The summed E-state index contributed by atoms with van der Waals surface area (Å²) < 4.78 is 0. The first-order valence-electron chi connectivity index (χ1n) is 5.05. The van der Waals surface area contributed by atoms with Gasteiger partial charge in [-0.2, -0.15) is 10.5 Å². The van der Waals surface area contributed by atoms with Gasteiger partial charge in [-0.1, -0.05) is 18.2 Å². The van der Waals surface area contributed by atoms with Crippen molar-refractivity contribution in [2.75, 3.05) is 5.73 Å². The molecule has 17 heavy (non-hydrogen) atoms. The van der Waals surface area contributed by atoms with E-state index in [1.54, 1.807) is 24.3 Å². The third kappa shape index (κ3) is 2.09. The lowest BCUT2D eigenvalue weighted by molar-refractivity contribution is 1.43. The molecule has 0 aliphatic heterocycles. The molecule has 2 aromatic rings. The Morgan fingerprint density at radius 1 is 0.765 bits per heavy atom. The van der Waals surface area contributed by atoms with Gasteiger partial charge in [-0.05, 0) is 35.4 Å². The van der Waals surface area contributed by atoms with Crippen LogP contribution in [0.5, 0.6) is 0 Å². The predicted molar refractivity (Wildman–Crippen MR) is 65.7 cm³/mol. The van der Waals surface area contributed by atoms with Crippen LogP contribution in [-0.2, 0) is 0 Å². The molecule has 0 atom stereocenters. The summed E-state index contributed by atoms with van der Waals surface area (Å²) in [6.45, 7) is 0. The number of nitrogens with two attached hydrogens (primary N) is 1. The minimum absolute atomic E-state index is 0.391. The average Bonchev–Trinajstić information content (AvgIpc) is 2.39. The highest BCUT2D eigenvalue weighted by molar-refractivity contribution is 5.68. The summed E-state index contributed by atoms with van der Waals surface area (Å²) in [6.07, 6.45) is 0. The monoisotopic (exact) mass is 219 g/mol. The fourth-order valence-electron chi connectivity index (χ4n) is 1.59. The highest BCUT2D eigenvalue weighted by Gasteiger charge is 2.04. The number of benzene rings is 2. The molecule has 0 unspecified atom stereocenters. The van der Waals surface area contributed by atoms with Crippen molar-refractivity contribution >= 4 is 5.69 Å². The van der Waals surface area contributed by atoms with E-state index in [0.717, 1.165) is 11.1 Å². The van der Waals surface area contributed by atoms with Crippen LogP contribution in [0.1, 0.15) is 11.1 Å². The summed E-state index contributed by atoms with van der Waals surface area (Å²) in [6, 6.07) is 16.6. The molecule has 0 bridgehead atoms. The van der Waals surface area contributed by atoms with Gasteiger partial charge in [0.2, 0.25) is 0 Å². The van der Waals surface area contributed by atoms with Gasteiger partial charge < -0.3 is 5.73 Å². The van der Waals surface area contributed by atoms with Gasteiger partial charge in [0.15, 0.2) is 0 Å². The third-order valence-corrected chi connectivity index (χ3v) is 2.50. The summed E-state index contributed by atoms with van der Waals surface area (Å²) in [5, 5.41) is 17.8. The maximum atomic E-state index is 8.94. The lowest BCUT2D eigenvalue weighted by Crippen LogP contribution is -1.87. The van der Waals surface area contributed by atoms with Crippen molar-refractivity contribution in [2.24, 2.45) is 0 Å². The molecule has 2 N–H and O–H groups in total. The lowest BCUT2D eigenvalue weighted by atomic mass is 10.00. The van der Waals surface area contributed by atoms with Gasteiger partial charge in [-0.15, -0.1) is 0 Å². The van der Waals surface area contributed by atoms with Gasteiger partial charge in [0.05, 0.1) is 11.1 Å². The molecule has 2 rings (SSSR count). The Morgan fingerprint density at radius 3 is 1.94 bits per heavy atom. The quantitative estimate of drug-likeness (QED) is 0.749. The zero-order valence-electron chi connectivity index (χ0n) is 9.01. The Kier molecular flexibility index (Phi) is 2.77. The Morgan fingerprint density at radius 2 is 1.35 bits per heavy atom. The van der Waals surface area contributed by atoms with Crippen LogP contribution in [0, 0.1) is 22.7 Å². The van der Waals surface area contributed by atoms with Crippen LogP contribution in [0.2, 0.25) is 0 Å². The van der Waals surface area contributed by atoms with Crippen LogP contribution < -0.4 is 5.73 Å². The van der Waals surface area contributed by atoms with Crippen molar-refractivity contribution in [3.05, 3.63) is 53.6 Å². The predicted octanol–water partition coefficient (Wildman–Crippen LogP) is 2.68. The minimum Gasteiger partial charge on any atom is -0.399 e. The van der Waals surface area contributed by atoms with E-state index in [1.807, 2.05) is 30.3 Å². The molecule has 0 aromatic heterocycles. The van der Waals surface area contributed by atoms with E-state index in [-0.39, 0.29) is 0 Å². The number of nitrogens with zero attached hydrogens (tertiary/aromatic N) is 2. The van der Waals surface area contributed by atoms with Crippen molar-refractivity contribution < 1.29 is 0 Å². The van der Waals surface area contributed by atoms with Gasteiger partial charge in [-0.25, -0.2) is 0 Å². The molecular formula is C14H9N3. The number of nitriles is 2. The van der Waals surface area contributed by atoms with Gasteiger partial charge in [0.1, 0.15) is 12.1 Å². The zero-order valence-corrected chi connectivity index (χ0v) is 9.01. The van der Waals surface area contributed by atoms with Gasteiger partial charge in [0, 0.05) is 5.69 Å². The van der Waals surface area contributed by atoms with Crippen molar-refractivity contribution in [2.45, 2.75) is 0 Å². The Hall–Kier alpha value is -2.78. The Bertz CT molecular complexity index is 628. The van der Waals surface area contributed by atoms with Gasteiger partial charge in [-0.3, -0.25) is 0 Å². The molecule has 0 saturated carbocycles. The normalized spacial score (nSPS) is 9.29. The lowest BCUT2D eigenvalue weighted by Gasteiger charge is -2.03. The summed E-state index contributed by atoms with van der Waals surface area (Å²) >= 11 is 0. The van der Waals surface area contributed by atoms with Crippen molar-refractivity contribution in [3.8, 4) is 23.3 Å². The average molecular weight is 219 g/mol. The second kappa shape index (κ2) is 4.38. The number of hydrogen-bond donors (Lipinski definition) is 1. The number of nitrogen functional groups attached to an aromatic ring is 1. The summed E-state index contributed by atoms with van der Waals surface area (Å²) in [5.74, 6) is 0. The van der Waals surface area contributed by atoms with Crippen LogP contribution in [0.4, 0.5) is 5.69 Å². The maximum Gasteiger partial charge on any atom is 0.101 e. The fraction of sp³-hybridized carbons (Fsp3) is 0.